The molecule has 0 aliphatic heterocycles. The van der Waals surface area contributed by atoms with Crippen LogP contribution in [0.5, 0.6) is 0 Å². The van der Waals surface area contributed by atoms with Crippen molar-refractivity contribution in [2.75, 3.05) is 6.54 Å². The van der Waals surface area contributed by atoms with E-state index in [-0.39, 0.29) is 29.6 Å². The van der Waals surface area contributed by atoms with Crippen LogP contribution in [0.15, 0.2) is 0 Å². The second-order valence-electron chi connectivity index (χ2n) is 6.03. The molecule has 1 heterocycles. The summed E-state index contributed by atoms with van der Waals surface area (Å²) >= 11 is 0. The second kappa shape index (κ2) is 7.29. The van der Waals surface area contributed by atoms with E-state index in [2.05, 4.69) is 10.3 Å². The summed E-state index contributed by atoms with van der Waals surface area (Å²) in [6, 6.07) is 0. The summed E-state index contributed by atoms with van der Waals surface area (Å²) in [7, 11) is 0. The normalized spacial score (nSPS) is 16.2. The molecule has 1 saturated carbocycles. The molecule has 1 aliphatic rings. The quantitative estimate of drug-likeness (QED) is 0.726. The molecule has 0 spiro atoms. The van der Waals surface area contributed by atoms with Gasteiger partial charge >= 0.3 is 0 Å². The number of rotatable bonds is 5. The number of halogens is 1. The van der Waals surface area contributed by atoms with E-state index in [0.717, 1.165) is 36.9 Å². The predicted molar refractivity (Wildman–Crippen MR) is 89.9 cm³/mol. The van der Waals surface area contributed by atoms with E-state index in [9.17, 15) is 9.59 Å². The number of nitrogens with two attached hydrogens (primary N) is 1. The number of ketones is 1. The van der Waals surface area contributed by atoms with Gasteiger partial charge in [-0.15, -0.1) is 12.4 Å². The van der Waals surface area contributed by atoms with Crippen molar-refractivity contribution >= 4 is 24.1 Å². The van der Waals surface area contributed by atoms with E-state index in [0.29, 0.717) is 24.2 Å². The molecule has 1 fully saturated rings. The molecule has 0 radical (unpaired) electrons. The van der Waals surface area contributed by atoms with Crippen LogP contribution >= 0.6 is 12.4 Å². The van der Waals surface area contributed by atoms with Crippen LogP contribution in [-0.2, 0) is 6.42 Å². The number of carbonyl (C=O) groups excluding carboxylic acids is 2. The first-order valence-electron chi connectivity index (χ1n) is 7.69. The Morgan fingerprint density at radius 2 is 1.91 bits per heavy atom. The molecule has 1 aliphatic carbocycles. The Hall–Kier alpha value is -1.33. The standard InChI is InChI=1S/C16H25N3O2.ClH/c1-4-12-13(11(3)20)10(2)18-14(12)15(21)19-16(9-17)7-5-6-8-16;/h18H,4-9,17H2,1-3H3,(H,19,21);1H. The number of hydrogen-bond donors (Lipinski definition) is 3. The molecule has 6 heteroatoms. The van der Waals surface area contributed by atoms with Gasteiger partial charge in [-0.05, 0) is 38.7 Å². The minimum atomic E-state index is -0.280. The van der Waals surface area contributed by atoms with Crippen molar-refractivity contribution in [2.24, 2.45) is 5.73 Å². The molecule has 4 N–H and O–H groups in total. The molecule has 1 amide bonds. The molecule has 0 aromatic carbocycles. The van der Waals surface area contributed by atoms with Crippen molar-refractivity contribution in [1.82, 2.24) is 10.3 Å². The van der Waals surface area contributed by atoms with Crippen LogP contribution < -0.4 is 11.1 Å². The van der Waals surface area contributed by atoms with Gasteiger partial charge < -0.3 is 16.0 Å². The van der Waals surface area contributed by atoms with Gasteiger partial charge in [-0.25, -0.2) is 0 Å². The van der Waals surface area contributed by atoms with Crippen LogP contribution in [0.1, 0.15) is 71.6 Å². The van der Waals surface area contributed by atoms with Gasteiger partial charge in [0.15, 0.2) is 5.78 Å². The molecule has 1 aromatic heterocycles. The van der Waals surface area contributed by atoms with Crippen molar-refractivity contribution in [3.63, 3.8) is 0 Å². The van der Waals surface area contributed by atoms with Gasteiger partial charge in [0.1, 0.15) is 5.69 Å². The van der Waals surface area contributed by atoms with Gasteiger partial charge in [0.05, 0.1) is 5.54 Å². The Morgan fingerprint density at radius 1 is 1.32 bits per heavy atom. The van der Waals surface area contributed by atoms with E-state index in [1.165, 1.54) is 6.92 Å². The van der Waals surface area contributed by atoms with Crippen molar-refractivity contribution in [1.29, 1.82) is 0 Å². The van der Waals surface area contributed by atoms with E-state index in [1.54, 1.807) is 0 Å². The summed E-state index contributed by atoms with van der Waals surface area (Å²) in [6.45, 7) is 5.79. The molecule has 22 heavy (non-hydrogen) atoms. The highest BCUT2D eigenvalue weighted by atomic mass is 35.5. The molecular weight excluding hydrogens is 302 g/mol. The number of Topliss-reactive ketones (excluding diaryl/α,β-unsaturated/α-hetero) is 1. The van der Waals surface area contributed by atoms with Gasteiger partial charge in [0, 0.05) is 17.8 Å². The summed E-state index contributed by atoms with van der Waals surface area (Å²) in [6.07, 6.45) is 4.70. The summed E-state index contributed by atoms with van der Waals surface area (Å²) in [5, 5.41) is 3.11. The molecule has 124 valence electrons. The third-order valence-corrected chi connectivity index (χ3v) is 4.55. The number of nitrogens with one attached hydrogen (secondary N) is 2. The lowest BCUT2D eigenvalue weighted by molar-refractivity contribution is 0.0897. The summed E-state index contributed by atoms with van der Waals surface area (Å²) in [5.41, 5.74) is 8.32. The topological polar surface area (TPSA) is 88.0 Å². The summed E-state index contributed by atoms with van der Waals surface area (Å²) in [5.74, 6) is -0.149. The lowest BCUT2D eigenvalue weighted by Crippen LogP contribution is -2.51. The molecule has 1 aromatic rings. The number of hydrogen-bond acceptors (Lipinski definition) is 3. The van der Waals surface area contributed by atoms with Crippen molar-refractivity contribution < 1.29 is 9.59 Å². The lowest BCUT2D eigenvalue weighted by atomic mass is 9.97. The average molecular weight is 328 g/mol. The molecule has 0 saturated heterocycles. The second-order valence-corrected chi connectivity index (χ2v) is 6.03. The summed E-state index contributed by atoms with van der Waals surface area (Å²) < 4.78 is 0. The zero-order chi connectivity index (χ0) is 15.6. The fraction of sp³-hybridized carbons (Fsp3) is 0.625. The van der Waals surface area contributed by atoms with Crippen LogP contribution in [0.2, 0.25) is 0 Å². The Balaban J connectivity index is 0.00000242. The Kier molecular flexibility index (Phi) is 6.20. The molecule has 5 nitrogen and oxygen atoms in total. The predicted octanol–water partition coefficient (Wildman–Crippen LogP) is 2.51. The van der Waals surface area contributed by atoms with Crippen LogP contribution in [0, 0.1) is 6.92 Å². The highest BCUT2D eigenvalue weighted by molar-refractivity contribution is 6.02. The highest BCUT2D eigenvalue weighted by Gasteiger charge is 2.35. The lowest BCUT2D eigenvalue weighted by Gasteiger charge is -2.28. The Bertz CT molecular complexity index is 560. The van der Waals surface area contributed by atoms with Crippen molar-refractivity contribution in [3.8, 4) is 0 Å². The fourth-order valence-electron chi connectivity index (χ4n) is 3.44. The van der Waals surface area contributed by atoms with Gasteiger partial charge in [0.2, 0.25) is 0 Å². The number of amides is 1. The van der Waals surface area contributed by atoms with Gasteiger partial charge in [0.25, 0.3) is 5.91 Å². The largest absolute Gasteiger partial charge is 0.354 e. The third-order valence-electron chi connectivity index (χ3n) is 4.55. The number of carbonyl (C=O) groups is 2. The molecule has 2 rings (SSSR count). The van der Waals surface area contributed by atoms with E-state index in [1.807, 2.05) is 13.8 Å². The molecule has 0 atom stereocenters. The number of aromatic amines is 1. The monoisotopic (exact) mass is 327 g/mol. The maximum Gasteiger partial charge on any atom is 0.268 e. The number of aromatic nitrogens is 1. The zero-order valence-electron chi connectivity index (χ0n) is 13.5. The minimum Gasteiger partial charge on any atom is -0.354 e. The highest BCUT2D eigenvalue weighted by Crippen LogP contribution is 2.29. The van der Waals surface area contributed by atoms with Gasteiger partial charge in [-0.1, -0.05) is 19.8 Å². The average Bonchev–Trinajstić information content (AvgIpc) is 3.03. The van der Waals surface area contributed by atoms with E-state index in [4.69, 9.17) is 5.73 Å². The number of H-pyrrole nitrogens is 1. The van der Waals surface area contributed by atoms with E-state index < -0.39 is 0 Å². The van der Waals surface area contributed by atoms with Gasteiger partial charge in [-0.3, -0.25) is 9.59 Å². The Morgan fingerprint density at radius 3 is 2.36 bits per heavy atom. The Labute approximate surface area is 137 Å². The SMILES string of the molecule is CCc1c(C(=O)NC2(CN)CCCC2)[nH]c(C)c1C(C)=O.Cl. The molecular formula is C16H26ClN3O2. The van der Waals surface area contributed by atoms with Crippen LogP contribution in [0.25, 0.3) is 0 Å². The van der Waals surface area contributed by atoms with Gasteiger partial charge in [-0.2, -0.15) is 0 Å². The first-order valence-corrected chi connectivity index (χ1v) is 7.69. The summed E-state index contributed by atoms with van der Waals surface area (Å²) in [4.78, 5) is 27.5. The van der Waals surface area contributed by atoms with Crippen LogP contribution in [0.3, 0.4) is 0 Å². The smallest absolute Gasteiger partial charge is 0.268 e. The van der Waals surface area contributed by atoms with Crippen molar-refractivity contribution in [2.45, 2.75) is 58.4 Å². The minimum absolute atomic E-state index is 0. The first kappa shape index (κ1) is 18.7. The fourth-order valence-corrected chi connectivity index (χ4v) is 3.44. The maximum atomic E-state index is 12.6. The van der Waals surface area contributed by atoms with E-state index >= 15 is 0 Å². The number of aryl methyl sites for hydroxylation is 1. The van der Waals surface area contributed by atoms with Crippen molar-refractivity contribution in [3.05, 3.63) is 22.5 Å². The first-order chi connectivity index (χ1) is 9.94. The molecule has 0 bridgehead atoms. The van der Waals surface area contributed by atoms with Crippen LogP contribution in [0.4, 0.5) is 0 Å². The maximum absolute atomic E-state index is 12.6. The zero-order valence-corrected chi connectivity index (χ0v) is 14.4. The van der Waals surface area contributed by atoms with Crippen LogP contribution in [-0.4, -0.2) is 28.8 Å². The third kappa shape index (κ3) is 3.36. The molecule has 0 unspecified atom stereocenters.